The summed E-state index contributed by atoms with van der Waals surface area (Å²) in [6.45, 7) is 9.90. The Labute approximate surface area is 224 Å². The number of aliphatic hydroxyl groups is 1. The second-order valence-electron chi connectivity index (χ2n) is 10.6. The van der Waals surface area contributed by atoms with E-state index >= 15 is 0 Å². The third kappa shape index (κ3) is 5.13. The lowest BCUT2D eigenvalue weighted by atomic mass is 9.66. The van der Waals surface area contributed by atoms with Crippen LogP contribution in [0.5, 0.6) is 11.5 Å². The molecule has 0 spiro atoms. The van der Waals surface area contributed by atoms with Crippen molar-refractivity contribution in [2.24, 2.45) is 5.41 Å². The first kappa shape index (κ1) is 25.8. The molecule has 1 fully saturated rings. The molecular formula is C31H35ClN2O3. The Kier molecular flexibility index (Phi) is 7.30. The van der Waals surface area contributed by atoms with Crippen LogP contribution in [0, 0.1) is 5.41 Å². The summed E-state index contributed by atoms with van der Waals surface area (Å²) in [5.74, 6) is 1.68. The molecule has 5 nitrogen and oxygen atoms in total. The van der Waals surface area contributed by atoms with Crippen LogP contribution in [0.1, 0.15) is 56.0 Å². The van der Waals surface area contributed by atoms with Gasteiger partial charge in [-0.3, -0.25) is 4.98 Å². The van der Waals surface area contributed by atoms with Gasteiger partial charge in [0.25, 0.3) is 0 Å². The van der Waals surface area contributed by atoms with Gasteiger partial charge >= 0.3 is 0 Å². The first-order valence-electron chi connectivity index (χ1n) is 13.1. The number of rotatable bonds is 6. The van der Waals surface area contributed by atoms with Crippen molar-refractivity contribution in [2.45, 2.75) is 45.8 Å². The predicted molar refractivity (Wildman–Crippen MR) is 148 cm³/mol. The summed E-state index contributed by atoms with van der Waals surface area (Å²) in [4.78, 5) is 7.05. The van der Waals surface area contributed by atoms with Crippen molar-refractivity contribution in [1.29, 1.82) is 0 Å². The molecule has 6 heteroatoms. The molecule has 3 aromatic rings. The summed E-state index contributed by atoms with van der Waals surface area (Å²) in [6.07, 6.45) is 5.67. The molecule has 0 bridgehead atoms. The highest BCUT2D eigenvalue weighted by atomic mass is 35.5. The fourth-order valence-electron chi connectivity index (χ4n) is 5.68. The van der Waals surface area contributed by atoms with Gasteiger partial charge in [0.1, 0.15) is 18.1 Å². The number of hydrogen-bond acceptors (Lipinski definition) is 5. The van der Waals surface area contributed by atoms with E-state index in [2.05, 4.69) is 41.9 Å². The topological polar surface area (TPSA) is 54.8 Å². The summed E-state index contributed by atoms with van der Waals surface area (Å²) in [6, 6.07) is 17.8. The van der Waals surface area contributed by atoms with Crippen LogP contribution in [0.2, 0.25) is 5.02 Å². The zero-order valence-electron chi connectivity index (χ0n) is 21.8. The highest BCUT2D eigenvalue weighted by molar-refractivity contribution is 6.30. The Balaban J connectivity index is 1.37. The third-order valence-corrected chi connectivity index (χ3v) is 7.99. The first-order chi connectivity index (χ1) is 17.8. The number of hydrogen-bond donors (Lipinski definition) is 1. The molecule has 0 saturated carbocycles. The van der Waals surface area contributed by atoms with Crippen LogP contribution >= 0.6 is 11.6 Å². The maximum Gasteiger partial charge on any atom is 0.131 e. The molecule has 1 atom stereocenters. The SMILES string of the molecule is CCOc1ccc2c(c1)C(=CCCN1CCC(O)(c3ccc(Cl)cc3)C(C)(C)C1)c1cccnc1CO2. The van der Waals surface area contributed by atoms with E-state index in [0.29, 0.717) is 24.7 Å². The van der Waals surface area contributed by atoms with E-state index in [1.165, 1.54) is 0 Å². The van der Waals surface area contributed by atoms with Crippen molar-refractivity contribution in [3.8, 4) is 11.5 Å². The zero-order valence-corrected chi connectivity index (χ0v) is 22.6. The zero-order chi connectivity index (χ0) is 26.0. The molecule has 2 aliphatic heterocycles. The van der Waals surface area contributed by atoms with E-state index in [1.54, 1.807) is 0 Å². The number of fused-ring (bicyclic) bond motifs is 2. The normalized spacial score (nSPS) is 22.0. The molecule has 2 aliphatic rings. The highest BCUT2D eigenvalue weighted by Crippen LogP contribution is 2.46. The number of benzene rings is 2. The molecule has 0 amide bonds. The van der Waals surface area contributed by atoms with Crippen molar-refractivity contribution >= 4 is 17.2 Å². The summed E-state index contributed by atoms with van der Waals surface area (Å²) in [5.41, 5.74) is 3.95. The van der Waals surface area contributed by atoms with E-state index < -0.39 is 5.60 Å². The summed E-state index contributed by atoms with van der Waals surface area (Å²) in [5, 5.41) is 12.4. The van der Waals surface area contributed by atoms with Crippen LogP contribution in [0.25, 0.3) is 5.57 Å². The smallest absolute Gasteiger partial charge is 0.131 e. The summed E-state index contributed by atoms with van der Waals surface area (Å²) >= 11 is 6.10. The molecule has 37 heavy (non-hydrogen) atoms. The van der Waals surface area contributed by atoms with Crippen LogP contribution in [0.4, 0.5) is 0 Å². The summed E-state index contributed by atoms with van der Waals surface area (Å²) in [7, 11) is 0. The van der Waals surface area contributed by atoms with Gasteiger partial charge in [-0.1, -0.05) is 49.7 Å². The van der Waals surface area contributed by atoms with Crippen LogP contribution in [-0.4, -0.2) is 41.2 Å². The van der Waals surface area contributed by atoms with E-state index in [0.717, 1.165) is 65.5 Å². The molecule has 5 rings (SSSR count). The van der Waals surface area contributed by atoms with Crippen molar-refractivity contribution < 1.29 is 14.6 Å². The molecule has 3 heterocycles. The van der Waals surface area contributed by atoms with Crippen molar-refractivity contribution in [1.82, 2.24) is 9.88 Å². The first-order valence-corrected chi connectivity index (χ1v) is 13.4. The maximum absolute atomic E-state index is 11.7. The van der Waals surface area contributed by atoms with Gasteiger partial charge in [-0.25, -0.2) is 0 Å². The van der Waals surface area contributed by atoms with Gasteiger partial charge in [0.15, 0.2) is 0 Å². The van der Waals surface area contributed by atoms with Gasteiger partial charge < -0.3 is 19.5 Å². The van der Waals surface area contributed by atoms with Gasteiger partial charge in [0, 0.05) is 47.4 Å². The van der Waals surface area contributed by atoms with E-state index in [4.69, 9.17) is 21.1 Å². The van der Waals surface area contributed by atoms with Crippen LogP contribution in [0.15, 0.2) is 66.9 Å². The molecular weight excluding hydrogens is 484 g/mol. The number of aromatic nitrogens is 1. The minimum Gasteiger partial charge on any atom is -0.494 e. The molecule has 1 aromatic heterocycles. The average molecular weight is 519 g/mol. The molecule has 0 aliphatic carbocycles. The van der Waals surface area contributed by atoms with Crippen molar-refractivity contribution in [3.63, 3.8) is 0 Å². The van der Waals surface area contributed by atoms with E-state index in [-0.39, 0.29) is 5.41 Å². The summed E-state index contributed by atoms with van der Waals surface area (Å²) < 4.78 is 11.9. The molecule has 0 radical (unpaired) electrons. The lowest BCUT2D eigenvalue weighted by molar-refractivity contribution is -0.125. The van der Waals surface area contributed by atoms with Gasteiger partial charge in [-0.2, -0.15) is 0 Å². The Morgan fingerprint density at radius 1 is 1.14 bits per heavy atom. The quantitative estimate of drug-likeness (QED) is 0.405. The number of likely N-dealkylation sites (tertiary alicyclic amines) is 1. The monoisotopic (exact) mass is 518 g/mol. The standard InChI is InChI=1S/C31H35ClN2O3/c1-4-36-24-13-14-29-27(19-24)25(26-7-5-16-33-28(26)20-37-29)8-6-17-34-18-15-31(35,30(2,3)21-34)22-9-11-23(32)12-10-22/h5,7-14,16,19,35H,4,6,15,17-18,20-21H2,1-3H3. The van der Waals surface area contributed by atoms with Crippen molar-refractivity contribution in [2.75, 3.05) is 26.2 Å². The lowest BCUT2D eigenvalue weighted by Crippen LogP contribution is -2.55. The van der Waals surface area contributed by atoms with Crippen LogP contribution < -0.4 is 9.47 Å². The Bertz CT molecular complexity index is 1290. The number of halogens is 1. The molecule has 1 saturated heterocycles. The van der Waals surface area contributed by atoms with Crippen LogP contribution in [-0.2, 0) is 12.2 Å². The maximum atomic E-state index is 11.7. The molecule has 2 aromatic carbocycles. The number of nitrogens with zero attached hydrogens (tertiary/aromatic N) is 2. The Hall–Kier alpha value is -2.86. The predicted octanol–water partition coefficient (Wildman–Crippen LogP) is 6.47. The van der Waals surface area contributed by atoms with Gasteiger partial charge in [-0.15, -0.1) is 0 Å². The van der Waals surface area contributed by atoms with E-state index in [9.17, 15) is 5.11 Å². The molecule has 1 unspecified atom stereocenters. The second kappa shape index (κ2) is 10.5. The average Bonchev–Trinajstić information content (AvgIpc) is 3.03. The fraction of sp³-hybridized carbons (Fsp3) is 0.387. The Morgan fingerprint density at radius 2 is 1.95 bits per heavy atom. The minimum absolute atomic E-state index is 0.308. The fourth-order valence-corrected chi connectivity index (χ4v) is 5.81. The minimum atomic E-state index is -0.885. The largest absolute Gasteiger partial charge is 0.494 e. The highest BCUT2D eigenvalue weighted by Gasteiger charge is 2.48. The van der Waals surface area contributed by atoms with Crippen LogP contribution in [0.3, 0.4) is 0 Å². The molecule has 1 N–H and O–H groups in total. The molecule has 194 valence electrons. The third-order valence-electron chi connectivity index (χ3n) is 7.74. The number of piperidine rings is 1. The van der Waals surface area contributed by atoms with Gasteiger partial charge in [0.05, 0.1) is 17.9 Å². The second-order valence-corrected chi connectivity index (χ2v) is 11.0. The lowest BCUT2D eigenvalue weighted by Gasteiger charge is -2.50. The van der Waals surface area contributed by atoms with Gasteiger partial charge in [0.2, 0.25) is 0 Å². The Morgan fingerprint density at radius 3 is 2.70 bits per heavy atom. The van der Waals surface area contributed by atoms with Gasteiger partial charge in [-0.05, 0) is 67.3 Å². The van der Waals surface area contributed by atoms with Crippen molar-refractivity contribution in [3.05, 3.63) is 94.3 Å². The van der Waals surface area contributed by atoms with E-state index in [1.807, 2.05) is 55.6 Å². The number of pyridine rings is 1. The number of ether oxygens (including phenoxy) is 2.